The quantitative estimate of drug-likeness (QED) is 0.692. The lowest BCUT2D eigenvalue weighted by molar-refractivity contribution is -0.168. The molecule has 2 aliphatic carbocycles. The molecule has 0 radical (unpaired) electrons. The van der Waals surface area contributed by atoms with Gasteiger partial charge < -0.3 is 23.8 Å². The van der Waals surface area contributed by atoms with Gasteiger partial charge in [-0.3, -0.25) is 4.79 Å². The Morgan fingerprint density at radius 3 is 2.74 bits per heavy atom. The second kappa shape index (κ2) is 8.63. The fourth-order valence-electron chi connectivity index (χ4n) is 5.18. The maximum atomic E-state index is 11.4. The molecular weight excluding hydrogens is 398 g/mol. The number of carboxylic acids is 1. The number of rotatable bonds is 7. The third-order valence-corrected chi connectivity index (χ3v) is 6.91. The van der Waals surface area contributed by atoms with Crippen molar-refractivity contribution in [1.82, 2.24) is 5.16 Å². The molecule has 5 unspecified atom stereocenters. The van der Waals surface area contributed by atoms with E-state index in [4.69, 9.17) is 18.7 Å². The lowest BCUT2D eigenvalue weighted by Gasteiger charge is -2.23. The first-order valence-electron chi connectivity index (χ1n) is 11.3. The number of carbonyl (C=O) groups is 1. The molecule has 7 nitrogen and oxygen atoms in total. The zero-order valence-corrected chi connectivity index (χ0v) is 17.8. The molecule has 1 aromatic carbocycles. The number of hydrogen-bond acceptors (Lipinski definition) is 6. The summed E-state index contributed by atoms with van der Waals surface area (Å²) in [5, 5.41) is 13.5. The predicted octanol–water partition coefficient (Wildman–Crippen LogP) is 4.57. The van der Waals surface area contributed by atoms with Crippen LogP contribution >= 0.6 is 0 Å². The number of aryl methyl sites for hydroxylation is 1. The second-order valence-corrected chi connectivity index (χ2v) is 8.90. The largest absolute Gasteiger partial charge is 0.490 e. The summed E-state index contributed by atoms with van der Waals surface area (Å²) in [6.07, 6.45) is 5.89. The van der Waals surface area contributed by atoms with Crippen molar-refractivity contribution in [1.29, 1.82) is 0 Å². The van der Waals surface area contributed by atoms with Crippen LogP contribution in [0.5, 0.6) is 5.75 Å². The fraction of sp³-hybridized carbons (Fsp3) is 0.583. The Labute approximate surface area is 181 Å². The van der Waals surface area contributed by atoms with Crippen molar-refractivity contribution in [2.75, 3.05) is 6.61 Å². The van der Waals surface area contributed by atoms with E-state index >= 15 is 0 Å². The summed E-state index contributed by atoms with van der Waals surface area (Å²) in [6.45, 7) is 3.06. The molecule has 0 spiro atoms. The molecule has 2 heterocycles. The first-order valence-corrected chi connectivity index (χ1v) is 11.3. The van der Waals surface area contributed by atoms with E-state index in [0.717, 1.165) is 67.7 Å². The Kier molecular flexibility index (Phi) is 5.71. The van der Waals surface area contributed by atoms with Gasteiger partial charge in [-0.05, 0) is 75.6 Å². The van der Waals surface area contributed by atoms with Crippen LogP contribution in [0.1, 0.15) is 49.8 Å². The molecule has 1 saturated heterocycles. The van der Waals surface area contributed by atoms with Gasteiger partial charge in [-0.1, -0.05) is 5.16 Å². The first kappa shape index (κ1) is 20.5. The van der Waals surface area contributed by atoms with Crippen molar-refractivity contribution in [2.45, 2.75) is 64.4 Å². The van der Waals surface area contributed by atoms with Crippen molar-refractivity contribution in [3.8, 4) is 17.1 Å². The molecule has 7 heteroatoms. The van der Waals surface area contributed by atoms with Crippen molar-refractivity contribution in [3.63, 3.8) is 0 Å². The summed E-state index contributed by atoms with van der Waals surface area (Å²) in [5.74, 6) is 0.965. The Morgan fingerprint density at radius 2 is 2.00 bits per heavy atom. The van der Waals surface area contributed by atoms with E-state index in [9.17, 15) is 9.90 Å². The SMILES string of the molecule is Cc1noc(-c2ccc(OC3CCCC4C(C(=O)O)C34)cc2)c1COC1CCCCO1. The Hall–Kier alpha value is -2.38. The fourth-order valence-corrected chi connectivity index (χ4v) is 5.18. The van der Waals surface area contributed by atoms with Gasteiger partial charge in [-0.2, -0.15) is 0 Å². The smallest absolute Gasteiger partial charge is 0.307 e. The molecule has 3 aliphatic rings. The van der Waals surface area contributed by atoms with Crippen LogP contribution in [0.3, 0.4) is 0 Å². The van der Waals surface area contributed by atoms with Crippen LogP contribution in [-0.4, -0.2) is 35.2 Å². The molecule has 2 aromatic rings. The highest BCUT2D eigenvalue weighted by molar-refractivity contribution is 5.74. The number of hydrogen-bond donors (Lipinski definition) is 1. The summed E-state index contributed by atoms with van der Waals surface area (Å²) in [5.41, 5.74) is 2.65. The molecule has 3 fully saturated rings. The lowest BCUT2D eigenvalue weighted by atomic mass is 9.98. The van der Waals surface area contributed by atoms with Crippen molar-refractivity contribution < 1.29 is 28.6 Å². The van der Waals surface area contributed by atoms with Gasteiger partial charge in [0.1, 0.15) is 11.9 Å². The minimum Gasteiger partial charge on any atom is -0.490 e. The van der Waals surface area contributed by atoms with Gasteiger partial charge in [0.05, 0.1) is 18.2 Å². The van der Waals surface area contributed by atoms with Crippen molar-refractivity contribution in [3.05, 3.63) is 35.5 Å². The summed E-state index contributed by atoms with van der Waals surface area (Å²) in [6, 6.07) is 7.75. The third-order valence-electron chi connectivity index (χ3n) is 6.91. The van der Waals surface area contributed by atoms with Crippen LogP contribution in [0.4, 0.5) is 0 Å². The van der Waals surface area contributed by atoms with Crippen molar-refractivity contribution in [2.24, 2.45) is 17.8 Å². The van der Waals surface area contributed by atoms with Gasteiger partial charge in [-0.15, -0.1) is 0 Å². The Balaban J connectivity index is 1.25. The van der Waals surface area contributed by atoms with Crippen LogP contribution in [0.25, 0.3) is 11.3 Å². The number of aromatic nitrogens is 1. The number of benzene rings is 1. The molecule has 1 N–H and O–H groups in total. The van der Waals surface area contributed by atoms with E-state index in [1.54, 1.807) is 0 Å². The van der Waals surface area contributed by atoms with Gasteiger partial charge in [0, 0.05) is 23.7 Å². The topological polar surface area (TPSA) is 91.0 Å². The van der Waals surface area contributed by atoms with Crippen molar-refractivity contribution >= 4 is 5.97 Å². The van der Waals surface area contributed by atoms with Gasteiger partial charge in [0.15, 0.2) is 12.1 Å². The molecule has 1 aromatic heterocycles. The van der Waals surface area contributed by atoms with E-state index in [1.165, 1.54) is 0 Å². The highest BCUT2D eigenvalue weighted by Gasteiger charge is 2.60. The molecule has 5 rings (SSSR count). The summed E-state index contributed by atoms with van der Waals surface area (Å²) < 4.78 is 23.4. The molecule has 0 bridgehead atoms. The summed E-state index contributed by atoms with van der Waals surface area (Å²) in [4.78, 5) is 11.4. The van der Waals surface area contributed by atoms with E-state index in [-0.39, 0.29) is 30.1 Å². The maximum Gasteiger partial charge on any atom is 0.307 e. The van der Waals surface area contributed by atoms with E-state index in [2.05, 4.69) is 5.16 Å². The minimum atomic E-state index is -0.685. The number of nitrogens with zero attached hydrogens (tertiary/aromatic N) is 1. The number of ether oxygens (including phenoxy) is 3. The van der Waals surface area contributed by atoms with Crippen LogP contribution in [0.15, 0.2) is 28.8 Å². The van der Waals surface area contributed by atoms with Crippen LogP contribution in [0, 0.1) is 24.7 Å². The average molecular weight is 427 g/mol. The van der Waals surface area contributed by atoms with Crippen LogP contribution in [-0.2, 0) is 20.9 Å². The summed E-state index contributed by atoms with van der Waals surface area (Å²) in [7, 11) is 0. The van der Waals surface area contributed by atoms with Crippen LogP contribution in [0.2, 0.25) is 0 Å². The lowest BCUT2D eigenvalue weighted by Crippen LogP contribution is -2.24. The second-order valence-electron chi connectivity index (χ2n) is 8.90. The monoisotopic (exact) mass is 427 g/mol. The number of fused-ring (bicyclic) bond motifs is 1. The minimum absolute atomic E-state index is 0.0160. The van der Waals surface area contributed by atoms with E-state index < -0.39 is 5.97 Å². The van der Waals surface area contributed by atoms with E-state index in [1.807, 2.05) is 31.2 Å². The molecule has 2 saturated carbocycles. The highest BCUT2D eigenvalue weighted by atomic mass is 16.7. The van der Waals surface area contributed by atoms with Gasteiger partial charge in [0.2, 0.25) is 0 Å². The van der Waals surface area contributed by atoms with E-state index in [0.29, 0.717) is 12.4 Å². The first-order chi connectivity index (χ1) is 15.1. The number of aliphatic carboxylic acids is 1. The molecular formula is C24H29NO6. The zero-order chi connectivity index (χ0) is 21.4. The number of carboxylic acid groups (broad SMARTS) is 1. The average Bonchev–Trinajstić information content (AvgIpc) is 3.43. The molecule has 1 aliphatic heterocycles. The van der Waals surface area contributed by atoms with Gasteiger partial charge >= 0.3 is 5.97 Å². The molecule has 31 heavy (non-hydrogen) atoms. The third kappa shape index (κ3) is 4.21. The standard InChI is InChI=1S/C24H29NO6/c1-14-18(13-29-20-7-2-3-12-28-20)23(31-25-14)15-8-10-16(11-9-15)30-19-6-4-5-17-21(19)22(17)24(26)27/h8-11,17,19-22H,2-7,12-13H2,1H3,(H,26,27). The Bertz CT molecular complexity index is 917. The highest BCUT2D eigenvalue weighted by Crippen LogP contribution is 2.56. The zero-order valence-electron chi connectivity index (χ0n) is 17.8. The molecule has 5 atom stereocenters. The molecule has 166 valence electrons. The normalized spacial score (nSPS) is 29.9. The predicted molar refractivity (Wildman–Crippen MR) is 111 cm³/mol. The van der Waals surface area contributed by atoms with Gasteiger partial charge in [-0.25, -0.2) is 0 Å². The van der Waals surface area contributed by atoms with Gasteiger partial charge in [0.25, 0.3) is 0 Å². The maximum absolute atomic E-state index is 11.4. The summed E-state index contributed by atoms with van der Waals surface area (Å²) >= 11 is 0. The van der Waals surface area contributed by atoms with Crippen LogP contribution < -0.4 is 4.74 Å². The molecule has 0 amide bonds. The Morgan fingerprint density at radius 1 is 1.16 bits per heavy atom.